The molecule has 1 heterocycles. The number of nitrogens with zero attached hydrogens (tertiary/aromatic N) is 2. The molecule has 2 rings (SSSR count). The maximum atomic E-state index is 11.9. The fraction of sp³-hybridized carbons (Fsp3) is 0.133. The highest BCUT2D eigenvalue weighted by Crippen LogP contribution is 2.06. The average Bonchev–Trinajstić information content (AvgIpc) is 2.53. The first kappa shape index (κ1) is 13.6. The highest BCUT2D eigenvalue weighted by molar-refractivity contribution is 5.93. The van der Waals surface area contributed by atoms with Gasteiger partial charge in [0.15, 0.2) is 0 Å². The molecule has 0 fully saturated rings. The molecule has 100 valence electrons. The molecule has 1 amide bonds. The molecule has 0 radical (unpaired) electrons. The van der Waals surface area contributed by atoms with Crippen molar-refractivity contribution in [2.75, 3.05) is 12.4 Å². The van der Waals surface area contributed by atoms with Gasteiger partial charge in [-0.05, 0) is 29.8 Å². The third-order valence-corrected chi connectivity index (χ3v) is 2.82. The second-order valence-electron chi connectivity index (χ2n) is 4.17. The fourth-order valence-electron chi connectivity index (χ4n) is 1.66. The van der Waals surface area contributed by atoms with Gasteiger partial charge in [-0.15, -0.1) is 0 Å². The van der Waals surface area contributed by atoms with Crippen LogP contribution in [0.25, 0.3) is 0 Å². The van der Waals surface area contributed by atoms with E-state index in [-0.39, 0.29) is 5.91 Å². The third-order valence-electron chi connectivity index (χ3n) is 2.82. The SMILES string of the molecule is CNc1ccc(C(=O)NCc2ccc(C#N)cc2)cn1. The second kappa shape index (κ2) is 6.34. The molecule has 0 spiro atoms. The van der Waals surface area contributed by atoms with Crippen LogP contribution in [0.15, 0.2) is 42.6 Å². The molecular formula is C15H14N4O. The monoisotopic (exact) mass is 266 g/mol. The molecule has 1 aromatic heterocycles. The van der Waals surface area contributed by atoms with Crippen LogP contribution in [0, 0.1) is 11.3 Å². The molecular weight excluding hydrogens is 252 g/mol. The lowest BCUT2D eigenvalue weighted by molar-refractivity contribution is 0.0950. The summed E-state index contributed by atoms with van der Waals surface area (Å²) in [6, 6.07) is 12.6. The Balaban J connectivity index is 1.95. The molecule has 5 nitrogen and oxygen atoms in total. The zero-order valence-electron chi connectivity index (χ0n) is 11.1. The Hall–Kier alpha value is -2.87. The first-order valence-corrected chi connectivity index (χ1v) is 6.14. The summed E-state index contributed by atoms with van der Waals surface area (Å²) in [6.07, 6.45) is 1.53. The maximum Gasteiger partial charge on any atom is 0.253 e. The Kier molecular flexibility index (Phi) is 4.30. The minimum atomic E-state index is -0.176. The zero-order chi connectivity index (χ0) is 14.4. The maximum absolute atomic E-state index is 11.9. The minimum absolute atomic E-state index is 0.176. The van der Waals surface area contributed by atoms with E-state index >= 15 is 0 Å². The number of aromatic nitrogens is 1. The van der Waals surface area contributed by atoms with Gasteiger partial charge in [-0.3, -0.25) is 4.79 Å². The van der Waals surface area contributed by atoms with E-state index < -0.39 is 0 Å². The van der Waals surface area contributed by atoms with Gasteiger partial charge in [-0.1, -0.05) is 12.1 Å². The number of amides is 1. The number of anilines is 1. The number of carbonyl (C=O) groups excluding carboxylic acids is 1. The Morgan fingerprint density at radius 2 is 2.00 bits per heavy atom. The van der Waals surface area contributed by atoms with Gasteiger partial charge in [0.2, 0.25) is 0 Å². The summed E-state index contributed by atoms with van der Waals surface area (Å²) in [5, 5.41) is 14.4. The molecule has 0 atom stereocenters. The van der Waals surface area contributed by atoms with Crippen molar-refractivity contribution in [2.45, 2.75) is 6.54 Å². The number of nitriles is 1. The molecule has 0 saturated carbocycles. The van der Waals surface area contributed by atoms with E-state index in [9.17, 15) is 4.79 Å². The molecule has 0 bridgehead atoms. The lowest BCUT2D eigenvalue weighted by Crippen LogP contribution is -2.22. The van der Waals surface area contributed by atoms with Gasteiger partial charge in [-0.25, -0.2) is 4.98 Å². The van der Waals surface area contributed by atoms with Crippen molar-refractivity contribution in [3.63, 3.8) is 0 Å². The number of pyridine rings is 1. The quantitative estimate of drug-likeness (QED) is 0.886. The first-order chi connectivity index (χ1) is 9.72. The molecule has 0 unspecified atom stereocenters. The van der Waals surface area contributed by atoms with Crippen LogP contribution in [-0.4, -0.2) is 17.9 Å². The summed E-state index contributed by atoms with van der Waals surface area (Å²) in [6.45, 7) is 0.415. The van der Waals surface area contributed by atoms with Crippen LogP contribution in [-0.2, 0) is 6.54 Å². The molecule has 0 saturated heterocycles. The fourth-order valence-corrected chi connectivity index (χ4v) is 1.66. The predicted octanol–water partition coefficient (Wildman–Crippen LogP) is 1.92. The van der Waals surface area contributed by atoms with Crippen LogP contribution in [0.2, 0.25) is 0 Å². The Morgan fingerprint density at radius 1 is 1.25 bits per heavy atom. The molecule has 2 aromatic rings. The number of carbonyl (C=O) groups is 1. The molecule has 2 N–H and O–H groups in total. The van der Waals surface area contributed by atoms with E-state index in [0.717, 1.165) is 5.56 Å². The number of hydrogen-bond donors (Lipinski definition) is 2. The third kappa shape index (κ3) is 3.33. The van der Waals surface area contributed by atoms with Crippen LogP contribution >= 0.6 is 0 Å². The van der Waals surface area contributed by atoms with E-state index in [2.05, 4.69) is 21.7 Å². The smallest absolute Gasteiger partial charge is 0.253 e. The van der Waals surface area contributed by atoms with Crippen LogP contribution in [0.5, 0.6) is 0 Å². The van der Waals surface area contributed by atoms with E-state index in [4.69, 9.17) is 5.26 Å². The van der Waals surface area contributed by atoms with Gasteiger partial charge < -0.3 is 10.6 Å². The van der Waals surface area contributed by atoms with Gasteiger partial charge >= 0.3 is 0 Å². The summed E-state index contributed by atoms with van der Waals surface area (Å²) in [5.74, 6) is 0.540. The predicted molar refractivity (Wildman–Crippen MR) is 76.1 cm³/mol. The second-order valence-corrected chi connectivity index (χ2v) is 4.17. The van der Waals surface area contributed by atoms with Crippen molar-refractivity contribution < 1.29 is 4.79 Å². The van der Waals surface area contributed by atoms with Gasteiger partial charge in [0.05, 0.1) is 17.2 Å². The van der Waals surface area contributed by atoms with Crippen molar-refractivity contribution in [3.8, 4) is 6.07 Å². The van der Waals surface area contributed by atoms with E-state index in [1.54, 1.807) is 31.3 Å². The van der Waals surface area contributed by atoms with Crippen molar-refractivity contribution in [2.24, 2.45) is 0 Å². The lowest BCUT2D eigenvalue weighted by Gasteiger charge is -2.06. The Morgan fingerprint density at radius 3 is 2.55 bits per heavy atom. The highest BCUT2D eigenvalue weighted by atomic mass is 16.1. The van der Waals surface area contributed by atoms with Gasteiger partial charge in [0.1, 0.15) is 5.82 Å². The van der Waals surface area contributed by atoms with Crippen LogP contribution in [0.1, 0.15) is 21.5 Å². The molecule has 20 heavy (non-hydrogen) atoms. The summed E-state index contributed by atoms with van der Waals surface area (Å²) >= 11 is 0. The highest BCUT2D eigenvalue weighted by Gasteiger charge is 2.05. The summed E-state index contributed by atoms with van der Waals surface area (Å²) in [4.78, 5) is 16.0. The average molecular weight is 266 g/mol. The minimum Gasteiger partial charge on any atom is -0.373 e. The standard InChI is InChI=1S/C15H14N4O/c1-17-14-7-6-13(10-18-14)15(20)19-9-12-4-2-11(8-16)3-5-12/h2-7,10H,9H2,1H3,(H,17,18)(H,19,20). The van der Waals surface area contributed by atoms with E-state index in [1.807, 2.05) is 12.1 Å². The molecule has 0 aliphatic carbocycles. The number of rotatable bonds is 4. The van der Waals surface area contributed by atoms with Gasteiger partial charge in [-0.2, -0.15) is 5.26 Å². The van der Waals surface area contributed by atoms with Crippen molar-refractivity contribution in [1.29, 1.82) is 5.26 Å². The number of hydrogen-bond acceptors (Lipinski definition) is 4. The molecule has 1 aromatic carbocycles. The molecule has 0 aliphatic rings. The van der Waals surface area contributed by atoms with E-state index in [1.165, 1.54) is 6.20 Å². The zero-order valence-corrected chi connectivity index (χ0v) is 11.1. The van der Waals surface area contributed by atoms with Crippen molar-refractivity contribution >= 4 is 11.7 Å². The van der Waals surface area contributed by atoms with Gasteiger partial charge in [0, 0.05) is 19.8 Å². The lowest BCUT2D eigenvalue weighted by atomic mass is 10.1. The van der Waals surface area contributed by atoms with Crippen LogP contribution in [0.3, 0.4) is 0 Å². The summed E-state index contributed by atoms with van der Waals surface area (Å²) in [7, 11) is 1.77. The van der Waals surface area contributed by atoms with Crippen molar-refractivity contribution in [3.05, 3.63) is 59.3 Å². The topological polar surface area (TPSA) is 77.8 Å². The normalized spacial score (nSPS) is 9.60. The summed E-state index contributed by atoms with van der Waals surface area (Å²) in [5.41, 5.74) is 2.06. The van der Waals surface area contributed by atoms with Crippen LogP contribution < -0.4 is 10.6 Å². The molecule has 0 aliphatic heterocycles. The van der Waals surface area contributed by atoms with Gasteiger partial charge in [0.25, 0.3) is 5.91 Å². The Labute approximate surface area is 117 Å². The molecule has 5 heteroatoms. The Bertz CT molecular complexity index is 626. The summed E-state index contributed by atoms with van der Waals surface area (Å²) < 4.78 is 0. The van der Waals surface area contributed by atoms with Crippen LogP contribution in [0.4, 0.5) is 5.82 Å². The number of nitrogens with one attached hydrogen (secondary N) is 2. The number of benzene rings is 1. The van der Waals surface area contributed by atoms with E-state index in [0.29, 0.717) is 23.5 Å². The van der Waals surface area contributed by atoms with Crippen molar-refractivity contribution in [1.82, 2.24) is 10.3 Å². The largest absolute Gasteiger partial charge is 0.373 e. The first-order valence-electron chi connectivity index (χ1n) is 6.14.